The molecule has 1 heterocycles. The van der Waals surface area contributed by atoms with E-state index in [0.717, 1.165) is 6.07 Å². The van der Waals surface area contributed by atoms with Gasteiger partial charge in [0.15, 0.2) is 0 Å². The van der Waals surface area contributed by atoms with Crippen molar-refractivity contribution in [3.05, 3.63) is 57.9 Å². The molecular weight excluding hydrogens is 350 g/mol. The number of urea groups is 1. The van der Waals surface area contributed by atoms with Crippen molar-refractivity contribution < 1.29 is 14.5 Å². The number of hydrogen-bond donors (Lipinski definition) is 3. The van der Waals surface area contributed by atoms with Gasteiger partial charge in [-0.15, -0.1) is 0 Å². The molecule has 0 aliphatic heterocycles. The summed E-state index contributed by atoms with van der Waals surface area (Å²) in [6, 6.07) is 6.41. The van der Waals surface area contributed by atoms with Crippen LogP contribution in [0.3, 0.4) is 0 Å². The molecule has 0 atom stereocenters. The number of rotatable bonds is 6. The van der Waals surface area contributed by atoms with Crippen LogP contribution in [0.4, 0.5) is 21.9 Å². The van der Waals surface area contributed by atoms with Gasteiger partial charge in [0, 0.05) is 43.2 Å². The molecule has 0 bridgehead atoms. The number of halogens is 1. The highest BCUT2D eigenvalue weighted by atomic mass is 35.5. The van der Waals surface area contributed by atoms with E-state index < -0.39 is 11.0 Å². The van der Waals surface area contributed by atoms with Gasteiger partial charge in [-0.25, -0.2) is 4.79 Å². The van der Waals surface area contributed by atoms with Crippen molar-refractivity contribution in [3.63, 3.8) is 0 Å². The third kappa shape index (κ3) is 5.74. The Labute approximate surface area is 147 Å². The van der Waals surface area contributed by atoms with E-state index in [1.165, 1.54) is 12.1 Å². The minimum absolute atomic E-state index is 0.0415. The van der Waals surface area contributed by atoms with E-state index in [1.807, 2.05) is 0 Å². The molecule has 2 rings (SSSR count). The first-order valence-corrected chi connectivity index (χ1v) is 7.52. The van der Waals surface area contributed by atoms with Crippen molar-refractivity contribution >= 4 is 40.6 Å². The van der Waals surface area contributed by atoms with E-state index in [9.17, 15) is 19.7 Å². The first kappa shape index (κ1) is 18.1. The van der Waals surface area contributed by atoms with Crippen molar-refractivity contribution in [1.29, 1.82) is 0 Å². The molecule has 1 aromatic heterocycles. The molecule has 0 radical (unpaired) electrons. The van der Waals surface area contributed by atoms with E-state index in [0.29, 0.717) is 5.69 Å². The predicted octanol–water partition coefficient (Wildman–Crippen LogP) is 2.79. The van der Waals surface area contributed by atoms with Gasteiger partial charge in [-0.3, -0.25) is 19.9 Å². The highest BCUT2D eigenvalue weighted by Gasteiger charge is 2.11. The average molecular weight is 364 g/mol. The number of nitrogens with zero attached hydrogens (tertiary/aromatic N) is 2. The number of carbonyl (C=O) groups is 2. The predicted molar refractivity (Wildman–Crippen MR) is 92.6 cm³/mol. The summed E-state index contributed by atoms with van der Waals surface area (Å²) in [5.74, 6) is -0.264. The van der Waals surface area contributed by atoms with Gasteiger partial charge >= 0.3 is 6.03 Å². The number of amides is 3. The highest BCUT2D eigenvalue weighted by Crippen LogP contribution is 2.26. The fourth-order valence-electron chi connectivity index (χ4n) is 1.83. The molecule has 3 N–H and O–H groups in total. The molecule has 25 heavy (non-hydrogen) atoms. The zero-order chi connectivity index (χ0) is 18.2. The zero-order valence-corrected chi connectivity index (χ0v) is 13.6. The van der Waals surface area contributed by atoms with Crippen LogP contribution in [0, 0.1) is 10.1 Å². The summed E-state index contributed by atoms with van der Waals surface area (Å²) in [5, 5.41) is 18.3. The first-order valence-electron chi connectivity index (χ1n) is 7.14. The zero-order valence-electron chi connectivity index (χ0n) is 12.9. The molecule has 0 aliphatic carbocycles. The van der Waals surface area contributed by atoms with Crippen molar-refractivity contribution in [1.82, 2.24) is 10.3 Å². The van der Waals surface area contributed by atoms with Gasteiger partial charge in [-0.1, -0.05) is 11.6 Å². The number of nitrogens with one attached hydrogen (secondary N) is 3. The summed E-state index contributed by atoms with van der Waals surface area (Å²) in [6.45, 7) is 0.105. The fraction of sp³-hybridized carbons (Fsp3) is 0.133. The number of benzene rings is 1. The minimum atomic E-state index is -0.586. The summed E-state index contributed by atoms with van der Waals surface area (Å²) in [6.07, 6.45) is 3.17. The number of aromatic nitrogens is 1. The number of hydrogen-bond acceptors (Lipinski definition) is 5. The third-order valence-corrected chi connectivity index (χ3v) is 3.33. The standard InChI is InChI=1S/C15H14ClN5O4/c16-12-9-11(21(24)25)1-2-13(12)20-15(23)18-8-5-14(22)19-10-3-6-17-7-4-10/h1-4,6-7,9H,5,8H2,(H,17,19,22)(H2,18,20,23). The second-order valence-electron chi connectivity index (χ2n) is 4.84. The molecule has 0 unspecified atom stereocenters. The van der Waals surface area contributed by atoms with Crippen LogP contribution in [0.25, 0.3) is 0 Å². The molecule has 9 nitrogen and oxygen atoms in total. The summed E-state index contributed by atoms with van der Waals surface area (Å²) >= 11 is 5.88. The lowest BCUT2D eigenvalue weighted by molar-refractivity contribution is -0.384. The highest BCUT2D eigenvalue weighted by molar-refractivity contribution is 6.33. The molecule has 1 aromatic carbocycles. The van der Waals surface area contributed by atoms with E-state index in [1.54, 1.807) is 24.5 Å². The Morgan fingerprint density at radius 1 is 1.16 bits per heavy atom. The molecule has 2 aromatic rings. The smallest absolute Gasteiger partial charge is 0.319 e. The third-order valence-electron chi connectivity index (χ3n) is 3.01. The lowest BCUT2D eigenvalue weighted by Crippen LogP contribution is -2.31. The fourth-order valence-corrected chi connectivity index (χ4v) is 2.06. The number of nitro benzene ring substituents is 1. The molecule has 0 fully saturated rings. The number of anilines is 2. The monoisotopic (exact) mass is 363 g/mol. The van der Waals surface area contributed by atoms with Gasteiger partial charge in [0.2, 0.25) is 5.91 Å². The maximum atomic E-state index is 11.8. The molecule has 0 saturated heterocycles. The second-order valence-corrected chi connectivity index (χ2v) is 5.24. The van der Waals surface area contributed by atoms with Gasteiger partial charge in [0.25, 0.3) is 5.69 Å². The topological polar surface area (TPSA) is 126 Å². The van der Waals surface area contributed by atoms with Crippen LogP contribution < -0.4 is 16.0 Å². The Balaban J connectivity index is 1.77. The summed E-state index contributed by atoms with van der Waals surface area (Å²) in [7, 11) is 0. The van der Waals surface area contributed by atoms with Crippen LogP contribution in [-0.2, 0) is 4.79 Å². The second kappa shape index (κ2) is 8.60. The first-order chi connectivity index (χ1) is 12.0. The maximum absolute atomic E-state index is 11.8. The largest absolute Gasteiger partial charge is 0.337 e. The van der Waals surface area contributed by atoms with Crippen molar-refractivity contribution in [2.45, 2.75) is 6.42 Å². The lowest BCUT2D eigenvalue weighted by Gasteiger charge is -2.09. The van der Waals surface area contributed by atoms with E-state index >= 15 is 0 Å². The van der Waals surface area contributed by atoms with E-state index in [2.05, 4.69) is 20.9 Å². The van der Waals surface area contributed by atoms with Crippen molar-refractivity contribution in [2.75, 3.05) is 17.2 Å². The van der Waals surface area contributed by atoms with Gasteiger partial charge in [0.1, 0.15) is 0 Å². The van der Waals surface area contributed by atoms with Crippen LogP contribution in [0.5, 0.6) is 0 Å². The van der Waals surface area contributed by atoms with Crippen molar-refractivity contribution in [2.24, 2.45) is 0 Å². The van der Waals surface area contributed by atoms with Crippen LogP contribution in [0.1, 0.15) is 6.42 Å². The number of pyridine rings is 1. The van der Waals surface area contributed by atoms with Crippen LogP contribution in [-0.4, -0.2) is 28.4 Å². The minimum Gasteiger partial charge on any atom is -0.337 e. The van der Waals surface area contributed by atoms with Crippen LogP contribution in [0.15, 0.2) is 42.7 Å². The average Bonchev–Trinajstić information content (AvgIpc) is 2.57. The molecule has 3 amide bonds. The van der Waals surface area contributed by atoms with Crippen LogP contribution in [0.2, 0.25) is 5.02 Å². The lowest BCUT2D eigenvalue weighted by atomic mass is 10.3. The van der Waals surface area contributed by atoms with Gasteiger partial charge in [0.05, 0.1) is 15.6 Å². The summed E-state index contributed by atoms with van der Waals surface area (Å²) < 4.78 is 0. The van der Waals surface area contributed by atoms with E-state index in [4.69, 9.17) is 11.6 Å². The number of carbonyl (C=O) groups excluding carboxylic acids is 2. The molecular formula is C15H14ClN5O4. The Morgan fingerprint density at radius 2 is 1.88 bits per heavy atom. The normalized spacial score (nSPS) is 9.96. The SMILES string of the molecule is O=C(CCNC(=O)Nc1ccc([N+](=O)[O-])cc1Cl)Nc1ccncc1. The van der Waals surface area contributed by atoms with Gasteiger partial charge in [-0.2, -0.15) is 0 Å². The summed E-state index contributed by atoms with van der Waals surface area (Å²) in [5.41, 5.74) is 0.664. The summed E-state index contributed by atoms with van der Waals surface area (Å²) in [4.78, 5) is 37.4. The number of nitro groups is 1. The van der Waals surface area contributed by atoms with Gasteiger partial charge in [-0.05, 0) is 18.2 Å². The maximum Gasteiger partial charge on any atom is 0.319 e. The van der Waals surface area contributed by atoms with Gasteiger partial charge < -0.3 is 16.0 Å². The molecule has 0 saturated carbocycles. The Morgan fingerprint density at radius 3 is 2.52 bits per heavy atom. The van der Waals surface area contributed by atoms with Crippen molar-refractivity contribution in [3.8, 4) is 0 Å². The Hall–Kier alpha value is -3.20. The Bertz CT molecular complexity index is 785. The molecule has 10 heteroatoms. The quantitative estimate of drug-likeness (QED) is 0.537. The molecule has 0 spiro atoms. The van der Waals surface area contributed by atoms with Crippen LogP contribution >= 0.6 is 11.6 Å². The van der Waals surface area contributed by atoms with E-state index in [-0.39, 0.29) is 35.3 Å². The Kier molecular flexibility index (Phi) is 6.24. The molecule has 0 aliphatic rings. The number of non-ortho nitro benzene ring substituents is 1. The molecule has 130 valence electrons.